The topological polar surface area (TPSA) is 114 Å². The Labute approximate surface area is 243 Å². The minimum atomic E-state index is -0.788. The number of thioether (sulfide) groups is 1. The molecule has 1 aliphatic rings. The second kappa shape index (κ2) is 11.1. The Morgan fingerprint density at radius 2 is 1.73 bits per heavy atom. The number of nitrogens with zero attached hydrogens (tertiary/aromatic N) is 4. The van der Waals surface area contributed by atoms with Crippen LogP contribution in [0.2, 0.25) is 0 Å². The predicted molar refractivity (Wildman–Crippen MR) is 161 cm³/mol. The number of anilines is 1. The Hall–Kier alpha value is -4.57. The van der Waals surface area contributed by atoms with Gasteiger partial charge in [-0.25, -0.2) is 0 Å². The summed E-state index contributed by atoms with van der Waals surface area (Å²) in [5.41, 5.74) is 3.83. The van der Waals surface area contributed by atoms with Gasteiger partial charge in [-0.3, -0.25) is 14.2 Å². The van der Waals surface area contributed by atoms with Crippen LogP contribution in [0, 0.1) is 22.7 Å². The van der Waals surface area contributed by atoms with E-state index < -0.39 is 16.8 Å². The molecule has 0 bridgehead atoms. The van der Waals surface area contributed by atoms with Crippen LogP contribution >= 0.6 is 11.8 Å². The summed E-state index contributed by atoms with van der Waals surface area (Å²) in [4.78, 5) is 29.9. The van der Waals surface area contributed by atoms with Crippen LogP contribution in [0.1, 0.15) is 37.6 Å². The van der Waals surface area contributed by atoms with Gasteiger partial charge in [0.2, 0.25) is 5.91 Å². The molecule has 1 aliphatic heterocycles. The Balaban J connectivity index is 1.63. The summed E-state index contributed by atoms with van der Waals surface area (Å²) in [5.74, 6) is -0.463. The molecule has 2 N–H and O–H groups in total. The SMILES string of the molecule is CNC(C)C(=O)NC1C(=O)N(Cc2cccc3c2cc(C#N)n3-c2ccccc2C#N)c2ccccc2SC1(C)C. The predicted octanol–water partition coefficient (Wildman–Crippen LogP) is 4.88. The first-order valence-corrected chi connectivity index (χ1v) is 14.1. The summed E-state index contributed by atoms with van der Waals surface area (Å²) in [7, 11) is 1.71. The van der Waals surface area contributed by atoms with Crippen molar-refractivity contribution in [3.63, 3.8) is 0 Å². The van der Waals surface area contributed by atoms with Crippen LogP contribution < -0.4 is 15.5 Å². The molecule has 1 aromatic heterocycles. The van der Waals surface area contributed by atoms with E-state index in [1.807, 2.05) is 68.4 Å². The average Bonchev–Trinajstić information content (AvgIpc) is 3.34. The smallest absolute Gasteiger partial charge is 0.251 e. The average molecular weight is 563 g/mol. The molecular weight excluding hydrogens is 532 g/mol. The van der Waals surface area contributed by atoms with Crippen molar-refractivity contribution in [3.8, 4) is 17.8 Å². The molecule has 0 saturated carbocycles. The number of carbonyl (C=O) groups is 2. The zero-order chi connectivity index (χ0) is 29.3. The number of likely N-dealkylation sites (N-methyl/N-ethyl adjacent to an activating group) is 1. The van der Waals surface area contributed by atoms with Crippen molar-refractivity contribution < 1.29 is 9.59 Å². The van der Waals surface area contributed by atoms with Gasteiger partial charge in [0.05, 0.1) is 35.0 Å². The van der Waals surface area contributed by atoms with Crippen LogP contribution in [0.3, 0.4) is 0 Å². The molecule has 0 radical (unpaired) electrons. The largest absolute Gasteiger partial charge is 0.342 e. The van der Waals surface area contributed by atoms with E-state index >= 15 is 0 Å². The van der Waals surface area contributed by atoms with Crippen LogP contribution in [0.25, 0.3) is 16.6 Å². The molecule has 0 saturated heterocycles. The van der Waals surface area contributed by atoms with Gasteiger partial charge in [0.1, 0.15) is 23.9 Å². The van der Waals surface area contributed by atoms with Crippen LogP contribution in [-0.2, 0) is 16.1 Å². The first-order valence-electron chi connectivity index (χ1n) is 13.3. The molecule has 2 unspecified atom stereocenters. The Morgan fingerprint density at radius 1 is 1.02 bits per heavy atom. The summed E-state index contributed by atoms with van der Waals surface area (Å²) in [6.45, 7) is 5.92. The van der Waals surface area contributed by atoms with Crippen molar-refractivity contribution in [2.24, 2.45) is 0 Å². The number of rotatable bonds is 6. The number of carbonyl (C=O) groups excluding carboxylic acids is 2. The molecule has 41 heavy (non-hydrogen) atoms. The molecule has 8 nitrogen and oxygen atoms in total. The van der Waals surface area contributed by atoms with Crippen LogP contribution in [0.5, 0.6) is 0 Å². The highest BCUT2D eigenvalue weighted by molar-refractivity contribution is 8.01. The van der Waals surface area contributed by atoms with E-state index in [2.05, 4.69) is 22.8 Å². The summed E-state index contributed by atoms with van der Waals surface area (Å²) in [5, 5.41) is 26.5. The third-order valence-electron chi connectivity index (χ3n) is 7.49. The standard InChI is InChI=1S/C32H30N6O2S/c1-20(35-4)30(39)36-29-31(40)37(27-13-7-8-15-28(27)41-32(29,2)3)19-22-11-9-14-26-24(22)16-23(18-34)38(26)25-12-6-5-10-21(25)17-33/h5-16,20,29,35H,19H2,1-4H3,(H,36,39). The first-order chi connectivity index (χ1) is 19.7. The van der Waals surface area contributed by atoms with Crippen molar-refractivity contribution in [1.82, 2.24) is 15.2 Å². The molecule has 0 fully saturated rings. The van der Waals surface area contributed by atoms with Gasteiger partial charge < -0.3 is 15.5 Å². The van der Waals surface area contributed by atoms with Crippen molar-refractivity contribution in [2.75, 3.05) is 11.9 Å². The van der Waals surface area contributed by atoms with Gasteiger partial charge in [0.25, 0.3) is 5.91 Å². The number of nitriles is 2. The zero-order valence-corrected chi connectivity index (χ0v) is 24.1. The van der Waals surface area contributed by atoms with Gasteiger partial charge in [-0.2, -0.15) is 10.5 Å². The van der Waals surface area contributed by atoms with E-state index in [0.717, 1.165) is 27.0 Å². The number of hydrogen-bond acceptors (Lipinski definition) is 6. The lowest BCUT2D eigenvalue weighted by Crippen LogP contribution is -2.58. The minimum absolute atomic E-state index is 0.212. The molecule has 2 amide bonds. The Morgan fingerprint density at radius 3 is 2.44 bits per heavy atom. The fraction of sp³-hybridized carbons (Fsp3) is 0.250. The molecule has 2 atom stereocenters. The van der Waals surface area contributed by atoms with Crippen molar-refractivity contribution >= 4 is 40.2 Å². The monoisotopic (exact) mass is 562 g/mol. The molecule has 5 rings (SSSR count). The van der Waals surface area contributed by atoms with E-state index in [-0.39, 0.29) is 18.4 Å². The van der Waals surface area contributed by atoms with Crippen LogP contribution in [-0.4, -0.2) is 40.3 Å². The number of amides is 2. The number of nitrogens with one attached hydrogen (secondary N) is 2. The highest BCUT2D eigenvalue weighted by atomic mass is 32.2. The minimum Gasteiger partial charge on any atom is -0.342 e. The molecule has 206 valence electrons. The third kappa shape index (κ3) is 5.06. The maximum atomic E-state index is 14.3. The van der Waals surface area contributed by atoms with Gasteiger partial charge in [0, 0.05) is 15.0 Å². The van der Waals surface area contributed by atoms with Crippen molar-refractivity contribution in [1.29, 1.82) is 10.5 Å². The fourth-order valence-corrected chi connectivity index (χ4v) is 6.46. The second-order valence-electron chi connectivity index (χ2n) is 10.5. The van der Waals surface area contributed by atoms with Crippen molar-refractivity contribution in [2.45, 2.75) is 49.0 Å². The molecule has 9 heteroatoms. The Bertz CT molecular complexity index is 1750. The van der Waals surface area contributed by atoms with Gasteiger partial charge >= 0.3 is 0 Å². The van der Waals surface area contributed by atoms with Gasteiger partial charge in [-0.1, -0.05) is 36.4 Å². The normalized spacial score (nSPS) is 16.8. The summed E-state index contributed by atoms with van der Waals surface area (Å²) in [6.07, 6.45) is 0. The lowest BCUT2D eigenvalue weighted by molar-refractivity contribution is -0.129. The lowest BCUT2D eigenvalue weighted by atomic mass is 10.00. The summed E-state index contributed by atoms with van der Waals surface area (Å²) < 4.78 is 1.16. The first kappa shape index (κ1) is 28.0. The van der Waals surface area contributed by atoms with Crippen LogP contribution in [0.15, 0.2) is 77.7 Å². The number of fused-ring (bicyclic) bond motifs is 2. The quantitative estimate of drug-likeness (QED) is 0.346. The van der Waals surface area contributed by atoms with Crippen LogP contribution in [0.4, 0.5) is 5.69 Å². The van der Waals surface area contributed by atoms with Crippen molar-refractivity contribution in [3.05, 3.63) is 89.6 Å². The van der Waals surface area contributed by atoms with E-state index in [0.29, 0.717) is 16.9 Å². The van der Waals surface area contributed by atoms with E-state index in [4.69, 9.17) is 0 Å². The molecule has 0 aliphatic carbocycles. The third-order valence-corrected chi connectivity index (χ3v) is 8.82. The molecule has 3 aromatic carbocycles. The molecule has 4 aromatic rings. The van der Waals surface area contributed by atoms with Gasteiger partial charge in [-0.15, -0.1) is 11.8 Å². The molecule has 2 heterocycles. The number of para-hydroxylation sites is 2. The second-order valence-corrected chi connectivity index (χ2v) is 12.2. The van der Waals surface area contributed by atoms with E-state index in [1.165, 1.54) is 0 Å². The zero-order valence-electron chi connectivity index (χ0n) is 23.3. The highest BCUT2D eigenvalue weighted by Gasteiger charge is 2.44. The summed E-state index contributed by atoms with van der Waals surface area (Å²) >= 11 is 1.56. The summed E-state index contributed by atoms with van der Waals surface area (Å²) in [6, 6.07) is 25.7. The van der Waals surface area contributed by atoms with Gasteiger partial charge in [-0.05, 0) is 69.8 Å². The maximum absolute atomic E-state index is 14.3. The lowest BCUT2D eigenvalue weighted by Gasteiger charge is -2.33. The van der Waals surface area contributed by atoms with E-state index in [1.54, 1.807) is 53.4 Å². The Kier molecular flexibility index (Phi) is 7.59. The van der Waals surface area contributed by atoms with Gasteiger partial charge in [0.15, 0.2) is 0 Å². The van der Waals surface area contributed by atoms with E-state index in [9.17, 15) is 20.1 Å². The maximum Gasteiger partial charge on any atom is 0.251 e. The number of benzene rings is 3. The highest BCUT2D eigenvalue weighted by Crippen LogP contribution is 2.45. The molecule has 0 spiro atoms. The fourth-order valence-electron chi connectivity index (χ4n) is 5.18. The number of hydrogen-bond donors (Lipinski definition) is 2. The number of aromatic nitrogens is 1. The molecular formula is C32H30N6O2S.